The second-order valence-electron chi connectivity index (χ2n) is 4.04. The van der Waals surface area contributed by atoms with Gasteiger partial charge < -0.3 is 10.1 Å². The number of nitrogens with one attached hydrogen (secondary N) is 1. The molecule has 1 aliphatic heterocycles. The van der Waals surface area contributed by atoms with E-state index in [4.69, 9.17) is 27.9 Å². The molecule has 2 nitrogen and oxygen atoms in total. The average Bonchev–Trinajstić information content (AvgIpc) is 2.74. The highest BCUT2D eigenvalue weighted by Gasteiger charge is 2.13. The topological polar surface area (TPSA) is 21.3 Å². The highest BCUT2D eigenvalue weighted by atomic mass is 35.5. The lowest BCUT2D eigenvalue weighted by Gasteiger charge is -2.11. The van der Waals surface area contributed by atoms with E-state index < -0.39 is 0 Å². The van der Waals surface area contributed by atoms with E-state index in [0.717, 1.165) is 18.7 Å². The van der Waals surface area contributed by atoms with Gasteiger partial charge in [-0.2, -0.15) is 0 Å². The van der Waals surface area contributed by atoms with Crippen LogP contribution < -0.4 is 5.32 Å². The van der Waals surface area contributed by atoms with Gasteiger partial charge in [0.2, 0.25) is 0 Å². The van der Waals surface area contributed by atoms with Gasteiger partial charge in [-0.1, -0.05) is 29.3 Å². The van der Waals surface area contributed by atoms with Crippen molar-refractivity contribution in [3.63, 3.8) is 0 Å². The highest BCUT2D eigenvalue weighted by molar-refractivity contribution is 6.35. The maximum absolute atomic E-state index is 6.04. The normalized spacial score (nSPS) is 19.1. The monoisotopic (exact) mass is 295 g/mol. The minimum atomic E-state index is 0. The van der Waals surface area contributed by atoms with Gasteiger partial charge in [0.05, 0.1) is 13.2 Å². The Morgan fingerprint density at radius 2 is 2.18 bits per heavy atom. The summed E-state index contributed by atoms with van der Waals surface area (Å²) in [5.41, 5.74) is 0.990. The minimum absolute atomic E-state index is 0. The van der Waals surface area contributed by atoms with Gasteiger partial charge in [-0.15, -0.1) is 12.4 Å². The Balaban J connectivity index is 0.00000144. The Bertz CT molecular complexity index is 354. The zero-order valence-electron chi connectivity index (χ0n) is 9.42. The van der Waals surface area contributed by atoms with Crippen molar-refractivity contribution in [3.8, 4) is 0 Å². The third-order valence-corrected chi connectivity index (χ3v) is 3.34. The summed E-state index contributed by atoms with van der Waals surface area (Å²) in [6.07, 6.45) is 2.45. The Morgan fingerprint density at radius 1 is 1.35 bits per heavy atom. The first-order chi connectivity index (χ1) is 7.75. The van der Waals surface area contributed by atoms with Crippen molar-refractivity contribution < 1.29 is 4.74 Å². The van der Waals surface area contributed by atoms with Crippen molar-refractivity contribution in [1.29, 1.82) is 0 Å². The van der Waals surface area contributed by atoms with Crippen LogP contribution in [0, 0.1) is 0 Å². The van der Waals surface area contributed by atoms with E-state index in [2.05, 4.69) is 5.32 Å². The minimum Gasteiger partial charge on any atom is -0.375 e. The largest absolute Gasteiger partial charge is 0.375 e. The van der Waals surface area contributed by atoms with Gasteiger partial charge in [0, 0.05) is 16.1 Å². The zero-order valence-corrected chi connectivity index (χ0v) is 11.7. The van der Waals surface area contributed by atoms with E-state index in [9.17, 15) is 0 Å². The summed E-state index contributed by atoms with van der Waals surface area (Å²) < 4.78 is 5.63. The van der Waals surface area contributed by atoms with Crippen molar-refractivity contribution >= 4 is 35.6 Å². The van der Waals surface area contributed by atoms with E-state index in [0.29, 0.717) is 22.7 Å². The van der Waals surface area contributed by atoms with Crippen molar-refractivity contribution in [2.24, 2.45) is 0 Å². The standard InChI is InChI=1S/C12H15Cl2NO.ClH/c13-10-4-3-9(12(14)6-10)7-16-8-11-2-1-5-15-11;/h3-4,6,11,15H,1-2,5,7-8H2;1H. The van der Waals surface area contributed by atoms with Crippen molar-refractivity contribution in [3.05, 3.63) is 33.8 Å². The van der Waals surface area contributed by atoms with E-state index in [1.165, 1.54) is 12.8 Å². The number of rotatable bonds is 4. The molecule has 0 amide bonds. The molecule has 1 aliphatic rings. The Hall–Kier alpha value is 0.01000. The van der Waals surface area contributed by atoms with Crippen LogP contribution in [0.2, 0.25) is 10.0 Å². The van der Waals surface area contributed by atoms with Crippen molar-refractivity contribution in [2.45, 2.75) is 25.5 Å². The maximum Gasteiger partial charge on any atom is 0.0732 e. The molecule has 1 unspecified atom stereocenters. The van der Waals surface area contributed by atoms with Crippen LogP contribution in [0.4, 0.5) is 0 Å². The first-order valence-corrected chi connectivity index (χ1v) is 6.26. The Labute approximate surface area is 118 Å². The first-order valence-electron chi connectivity index (χ1n) is 5.51. The van der Waals surface area contributed by atoms with Gasteiger partial charge in [-0.05, 0) is 37.1 Å². The number of ether oxygens (including phenoxy) is 1. The Morgan fingerprint density at radius 3 is 2.82 bits per heavy atom. The molecule has 0 aliphatic carbocycles. The van der Waals surface area contributed by atoms with Crippen LogP contribution in [-0.2, 0) is 11.3 Å². The third-order valence-electron chi connectivity index (χ3n) is 2.75. The molecule has 1 saturated heterocycles. The molecular formula is C12H16Cl3NO. The van der Waals surface area contributed by atoms with Crippen LogP contribution in [0.3, 0.4) is 0 Å². The SMILES string of the molecule is Cl.Clc1ccc(COCC2CCCN2)c(Cl)c1. The van der Waals surface area contributed by atoms with E-state index in [1.807, 2.05) is 12.1 Å². The lowest BCUT2D eigenvalue weighted by molar-refractivity contribution is 0.103. The molecule has 2 rings (SSSR count). The Kier molecular flexibility index (Phi) is 6.60. The van der Waals surface area contributed by atoms with Crippen molar-refractivity contribution in [2.75, 3.05) is 13.2 Å². The van der Waals surface area contributed by atoms with Crippen LogP contribution in [0.1, 0.15) is 18.4 Å². The molecule has 96 valence electrons. The fourth-order valence-corrected chi connectivity index (χ4v) is 2.31. The molecule has 0 bridgehead atoms. The number of benzene rings is 1. The van der Waals surface area contributed by atoms with Crippen LogP contribution >= 0.6 is 35.6 Å². The highest BCUT2D eigenvalue weighted by Crippen LogP contribution is 2.21. The number of hydrogen-bond donors (Lipinski definition) is 1. The summed E-state index contributed by atoms with van der Waals surface area (Å²) in [5.74, 6) is 0. The molecule has 1 N–H and O–H groups in total. The molecule has 1 aromatic rings. The molecular weight excluding hydrogens is 280 g/mol. The van der Waals surface area contributed by atoms with E-state index >= 15 is 0 Å². The summed E-state index contributed by atoms with van der Waals surface area (Å²) >= 11 is 11.9. The third kappa shape index (κ3) is 4.65. The van der Waals surface area contributed by atoms with Gasteiger partial charge >= 0.3 is 0 Å². The lowest BCUT2D eigenvalue weighted by Crippen LogP contribution is -2.26. The summed E-state index contributed by atoms with van der Waals surface area (Å²) in [4.78, 5) is 0. The number of halogens is 3. The predicted molar refractivity (Wildman–Crippen MR) is 74.4 cm³/mol. The molecule has 1 fully saturated rings. The summed E-state index contributed by atoms with van der Waals surface area (Å²) in [5, 5.41) is 4.72. The van der Waals surface area contributed by atoms with Gasteiger partial charge in [0.1, 0.15) is 0 Å². The molecule has 0 saturated carbocycles. The molecule has 1 atom stereocenters. The smallest absolute Gasteiger partial charge is 0.0732 e. The van der Waals surface area contributed by atoms with Crippen LogP contribution in [-0.4, -0.2) is 19.2 Å². The molecule has 17 heavy (non-hydrogen) atoms. The van der Waals surface area contributed by atoms with Gasteiger partial charge in [0.15, 0.2) is 0 Å². The second kappa shape index (κ2) is 7.45. The molecule has 0 radical (unpaired) electrons. The fraction of sp³-hybridized carbons (Fsp3) is 0.500. The maximum atomic E-state index is 6.04. The molecule has 0 aromatic heterocycles. The first kappa shape index (κ1) is 15.1. The van der Waals surface area contributed by atoms with Gasteiger partial charge in [-0.25, -0.2) is 0 Å². The van der Waals surface area contributed by atoms with E-state index in [-0.39, 0.29) is 12.4 Å². The summed E-state index contributed by atoms with van der Waals surface area (Å²) in [6, 6.07) is 5.99. The second-order valence-corrected chi connectivity index (χ2v) is 4.89. The van der Waals surface area contributed by atoms with E-state index in [1.54, 1.807) is 6.07 Å². The zero-order chi connectivity index (χ0) is 11.4. The van der Waals surface area contributed by atoms with Crippen LogP contribution in [0.15, 0.2) is 18.2 Å². The number of hydrogen-bond acceptors (Lipinski definition) is 2. The molecule has 1 heterocycles. The van der Waals surface area contributed by atoms with Gasteiger partial charge in [-0.3, -0.25) is 0 Å². The van der Waals surface area contributed by atoms with Crippen molar-refractivity contribution in [1.82, 2.24) is 5.32 Å². The van der Waals surface area contributed by atoms with Gasteiger partial charge in [0.25, 0.3) is 0 Å². The predicted octanol–water partition coefficient (Wildman–Crippen LogP) is 3.68. The quantitative estimate of drug-likeness (QED) is 0.915. The molecule has 0 spiro atoms. The van der Waals surface area contributed by atoms with Crippen LogP contribution in [0.5, 0.6) is 0 Å². The lowest BCUT2D eigenvalue weighted by atomic mass is 10.2. The average molecular weight is 297 g/mol. The fourth-order valence-electron chi connectivity index (χ4n) is 1.85. The molecule has 5 heteroatoms. The summed E-state index contributed by atoms with van der Waals surface area (Å²) in [6.45, 7) is 2.41. The molecule has 1 aromatic carbocycles. The summed E-state index contributed by atoms with van der Waals surface area (Å²) in [7, 11) is 0. The van der Waals surface area contributed by atoms with Crippen LogP contribution in [0.25, 0.3) is 0 Å².